The fraction of sp³-hybridized carbons (Fsp3) is 1.00. The lowest BCUT2D eigenvalue weighted by atomic mass is 10.1. The van der Waals surface area contributed by atoms with Crippen molar-refractivity contribution in [1.29, 1.82) is 0 Å². The number of alkyl halides is 2. The summed E-state index contributed by atoms with van der Waals surface area (Å²) in [6.45, 7) is 1.60. The maximum atomic E-state index is 12.1. The fourth-order valence-corrected chi connectivity index (χ4v) is 0.667. The van der Waals surface area contributed by atoms with E-state index in [4.69, 9.17) is 5.73 Å². The third kappa shape index (κ3) is 0.540. The first-order valence-corrected chi connectivity index (χ1v) is 2.60. The molecule has 0 aromatic rings. The first-order chi connectivity index (χ1) is 3.52. The van der Waals surface area contributed by atoms with Crippen LogP contribution < -0.4 is 5.73 Å². The van der Waals surface area contributed by atoms with Crippen LogP contribution in [0, 0.1) is 5.41 Å². The first kappa shape index (κ1) is 5.95. The zero-order valence-corrected chi connectivity index (χ0v) is 4.75. The average molecular weight is 121 g/mol. The standard InChI is InChI=1S/C5H9F2N/c1-4(3-8)2-5(4,6)7/h2-3,8H2,1H3/t4-/m0/s1. The number of halogens is 2. The molecule has 1 saturated carbocycles. The molecule has 0 bridgehead atoms. The Balaban J connectivity index is 2.55. The van der Waals surface area contributed by atoms with Gasteiger partial charge in [-0.2, -0.15) is 0 Å². The monoisotopic (exact) mass is 121 g/mol. The highest BCUT2D eigenvalue weighted by atomic mass is 19.3. The van der Waals surface area contributed by atoms with Crippen LogP contribution in [0.1, 0.15) is 13.3 Å². The van der Waals surface area contributed by atoms with E-state index in [-0.39, 0.29) is 13.0 Å². The van der Waals surface area contributed by atoms with Crippen molar-refractivity contribution >= 4 is 0 Å². The second kappa shape index (κ2) is 1.21. The molecule has 1 nitrogen and oxygen atoms in total. The van der Waals surface area contributed by atoms with Gasteiger partial charge in [-0.25, -0.2) is 8.78 Å². The van der Waals surface area contributed by atoms with E-state index in [9.17, 15) is 8.78 Å². The minimum Gasteiger partial charge on any atom is -0.330 e. The number of hydrogen-bond donors (Lipinski definition) is 1. The highest BCUT2D eigenvalue weighted by molar-refractivity contribution is 5.07. The van der Waals surface area contributed by atoms with Gasteiger partial charge in [-0.3, -0.25) is 0 Å². The van der Waals surface area contributed by atoms with Crippen molar-refractivity contribution in [3.8, 4) is 0 Å². The zero-order chi connectivity index (χ0) is 6.41. The van der Waals surface area contributed by atoms with Crippen molar-refractivity contribution in [2.75, 3.05) is 6.54 Å². The molecular weight excluding hydrogens is 112 g/mol. The number of hydrogen-bond acceptors (Lipinski definition) is 1. The van der Waals surface area contributed by atoms with Crippen LogP contribution in [0.5, 0.6) is 0 Å². The molecule has 1 aliphatic carbocycles. The molecule has 0 radical (unpaired) electrons. The van der Waals surface area contributed by atoms with Gasteiger partial charge in [-0.05, 0) is 0 Å². The van der Waals surface area contributed by atoms with Gasteiger partial charge in [0.1, 0.15) is 0 Å². The van der Waals surface area contributed by atoms with Crippen LogP contribution in [-0.4, -0.2) is 12.5 Å². The lowest BCUT2D eigenvalue weighted by Gasteiger charge is -2.02. The SMILES string of the molecule is C[C@@]1(CN)CC1(F)F. The Morgan fingerprint density at radius 1 is 1.62 bits per heavy atom. The van der Waals surface area contributed by atoms with E-state index in [0.29, 0.717) is 0 Å². The quantitative estimate of drug-likeness (QED) is 0.550. The second-order valence-electron chi connectivity index (χ2n) is 2.65. The molecule has 1 rings (SSSR count). The lowest BCUT2D eigenvalue weighted by Crippen LogP contribution is -2.18. The van der Waals surface area contributed by atoms with Gasteiger partial charge < -0.3 is 5.73 Å². The molecule has 48 valence electrons. The number of nitrogens with two attached hydrogens (primary N) is 1. The Morgan fingerprint density at radius 2 is 2.00 bits per heavy atom. The molecule has 0 saturated heterocycles. The van der Waals surface area contributed by atoms with Crippen LogP contribution in [-0.2, 0) is 0 Å². The van der Waals surface area contributed by atoms with Crippen LogP contribution in [0.2, 0.25) is 0 Å². The van der Waals surface area contributed by atoms with Crippen LogP contribution in [0.15, 0.2) is 0 Å². The zero-order valence-electron chi connectivity index (χ0n) is 4.75. The van der Waals surface area contributed by atoms with E-state index in [1.807, 2.05) is 0 Å². The smallest absolute Gasteiger partial charge is 0.255 e. The second-order valence-corrected chi connectivity index (χ2v) is 2.65. The highest BCUT2D eigenvalue weighted by Crippen LogP contribution is 2.59. The average Bonchev–Trinajstić information content (AvgIpc) is 2.10. The van der Waals surface area contributed by atoms with Crippen molar-refractivity contribution in [3.63, 3.8) is 0 Å². The van der Waals surface area contributed by atoms with Gasteiger partial charge in [-0.15, -0.1) is 0 Å². The van der Waals surface area contributed by atoms with Gasteiger partial charge in [0, 0.05) is 18.4 Å². The lowest BCUT2D eigenvalue weighted by molar-refractivity contribution is 0.0729. The normalized spacial score (nSPS) is 42.0. The van der Waals surface area contributed by atoms with Crippen LogP contribution >= 0.6 is 0 Å². The molecule has 2 N–H and O–H groups in total. The molecule has 0 unspecified atom stereocenters. The van der Waals surface area contributed by atoms with E-state index in [1.54, 1.807) is 0 Å². The fourth-order valence-electron chi connectivity index (χ4n) is 0.667. The van der Waals surface area contributed by atoms with Gasteiger partial charge in [0.15, 0.2) is 0 Å². The van der Waals surface area contributed by atoms with Crippen LogP contribution in [0.3, 0.4) is 0 Å². The molecule has 0 heterocycles. The molecule has 1 atom stereocenters. The highest BCUT2D eigenvalue weighted by Gasteiger charge is 2.66. The number of rotatable bonds is 1. The van der Waals surface area contributed by atoms with Gasteiger partial charge in [0.2, 0.25) is 0 Å². The Bertz CT molecular complexity index is 113. The molecule has 8 heavy (non-hydrogen) atoms. The van der Waals surface area contributed by atoms with Crippen molar-refractivity contribution in [2.24, 2.45) is 11.1 Å². The molecule has 0 aromatic heterocycles. The molecule has 0 aliphatic heterocycles. The Kier molecular flexibility index (Phi) is 0.899. The third-order valence-electron chi connectivity index (χ3n) is 1.82. The van der Waals surface area contributed by atoms with Crippen molar-refractivity contribution in [1.82, 2.24) is 0 Å². The Morgan fingerprint density at radius 3 is 2.00 bits per heavy atom. The van der Waals surface area contributed by atoms with Crippen LogP contribution in [0.4, 0.5) is 8.78 Å². The van der Waals surface area contributed by atoms with Crippen molar-refractivity contribution < 1.29 is 8.78 Å². The van der Waals surface area contributed by atoms with E-state index in [0.717, 1.165) is 0 Å². The Hall–Kier alpha value is -0.180. The van der Waals surface area contributed by atoms with Gasteiger partial charge >= 0.3 is 0 Å². The van der Waals surface area contributed by atoms with Crippen molar-refractivity contribution in [2.45, 2.75) is 19.3 Å². The van der Waals surface area contributed by atoms with Crippen LogP contribution in [0.25, 0.3) is 0 Å². The summed E-state index contributed by atoms with van der Waals surface area (Å²) in [4.78, 5) is 0. The predicted octanol–water partition coefficient (Wildman–Crippen LogP) is 0.990. The maximum absolute atomic E-state index is 12.1. The van der Waals surface area contributed by atoms with Gasteiger partial charge in [0.05, 0.1) is 0 Å². The summed E-state index contributed by atoms with van der Waals surface area (Å²) in [7, 11) is 0. The summed E-state index contributed by atoms with van der Waals surface area (Å²) in [6.07, 6.45) is -0.0312. The molecule has 0 aromatic carbocycles. The summed E-state index contributed by atoms with van der Waals surface area (Å²) in [6, 6.07) is 0. The summed E-state index contributed by atoms with van der Waals surface area (Å²) in [5.41, 5.74) is 4.20. The van der Waals surface area contributed by atoms with Gasteiger partial charge in [0.25, 0.3) is 5.92 Å². The Labute approximate surface area is 46.9 Å². The molecular formula is C5H9F2N. The largest absolute Gasteiger partial charge is 0.330 e. The molecule has 1 aliphatic rings. The summed E-state index contributed by atoms with van der Waals surface area (Å²) >= 11 is 0. The van der Waals surface area contributed by atoms with E-state index in [1.165, 1.54) is 6.92 Å². The topological polar surface area (TPSA) is 26.0 Å². The minimum atomic E-state index is -2.47. The first-order valence-electron chi connectivity index (χ1n) is 2.60. The van der Waals surface area contributed by atoms with Crippen molar-refractivity contribution in [3.05, 3.63) is 0 Å². The molecule has 0 spiro atoms. The summed E-state index contributed by atoms with van der Waals surface area (Å²) in [5, 5.41) is 0. The van der Waals surface area contributed by atoms with E-state index < -0.39 is 11.3 Å². The molecule has 3 heteroatoms. The minimum absolute atomic E-state index is 0.0312. The van der Waals surface area contributed by atoms with Gasteiger partial charge in [-0.1, -0.05) is 6.92 Å². The summed E-state index contributed by atoms with van der Waals surface area (Å²) < 4.78 is 24.2. The van der Waals surface area contributed by atoms with E-state index in [2.05, 4.69) is 0 Å². The third-order valence-corrected chi connectivity index (χ3v) is 1.82. The molecule has 1 fully saturated rings. The summed E-state index contributed by atoms with van der Waals surface area (Å²) in [5.74, 6) is -2.47. The molecule has 0 amide bonds. The van der Waals surface area contributed by atoms with E-state index >= 15 is 0 Å². The predicted molar refractivity (Wildman–Crippen MR) is 26.7 cm³/mol. The maximum Gasteiger partial charge on any atom is 0.255 e.